The van der Waals surface area contributed by atoms with Gasteiger partial charge in [0.2, 0.25) is 0 Å². The maximum absolute atomic E-state index is 6.03. The number of nitrogens with one attached hydrogen (secondary N) is 2. The lowest BCUT2D eigenvalue weighted by Gasteiger charge is -2.32. The molecule has 1 fully saturated rings. The van der Waals surface area contributed by atoms with Crippen molar-refractivity contribution in [2.45, 2.75) is 26.0 Å². The summed E-state index contributed by atoms with van der Waals surface area (Å²) < 4.78 is 5.59. The molecule has 1 unspecified atom stereocenters. The van der Waals surface area contributed by atoms with Crippen molar-refractivity contribution >= 4 is 23.4 Å². The molecular formula is C21H28ClN5O. The van der Waals surface area contributed by atoms with Gasteiger partial charge in [-0.05, 0) is 42.7 Å². The molecule has 28 heavy (non-hydrogen) atoms. The third kappa shape index (κ3) is 6.11. The zero-order chi connectivity index (χ0) is 19.8. The van der Waals surface area contributed by atoms with E-state index in [0.717, 1.165) is 55.0 Å². The first kappa shape index (κ1) is 20.4. The van der Waals surface area contributed by atoms with Crippen molar-refractivity contribution < 1.29 is 4.74 Å². The molecule has 6 nitrogen and oxygen atoms in total. The van der Waals surface area contributed by atoms with Crippen LogP contribution in [0.25, 0.3) is 0 Å². The third-order valence-corrected chi connectivity index (χ3v) is 4.89. The lowest BCUT2D eigenvalue weighted by molar-refractivity contribution is 0.0529. The molecule has 150 valence electrons. The number of nitrogens with zero attached hydrogens (tertiary/aromatic N) is 3. The molecular weight excluding hydrogens is 374 g/mol. The van der Waals surface area contributed by atoms with Gasteiger partial charge in [-0.1, -0.05) is 29.8 Å². The van der Waals surface area contributed by atoms with Gasteiger partial charge in [0, 0.05) is 44.4 Å². The first-order valence-electron chi connectivity index (χ1n) is 9.64. The molecule has 1 aliphatic heterocycles. The van der Waals surface area contributed by atoms with Crippen molar-refractivity contribution in [3.63, 3.8) is 0 Å². The van der Waals surface area contributed by atoms with Crippen LogP contribution in [0.3, 0.4) is 0 Å². The van der Waals surface area contributed by atoms with Crippen LogP contribution in [0.2, 0.25) is 5.02 Å². The second-order valence-corrected chi connectivity index (χ2v) is 7.32. The molecule has 0 aliphatic carbocycles. The van der Waals surface area contributed by atoms with Crippen LogP contribution in [-0.4, -0.2) is 50.3 Å². The number of rotatable bonds is 6. The van der Waals surface area contributed by atoms with E-state index in [1.807, 2.05) is 24.4 Å². The Morgan fingerprint density at radius 1 is 1.29 bits per heavy atom. The SMILES string of the molecule is CN=C(NCCc1cccc(Cl)c1)NCc1ccc(N2CCOC(C)C2)nc1. The summed E-state index contributed by atoms with van der Waals surface area (Å²) in [5.74, 6) is 1.77. The number of aromatic nitrogens is 1. The number of halogens is 1. The van der Waals surface area contributed by atoms with Gasteiger partial charge in [0.1, 0.15) is 5.82 Å². The molecule has 2 N–H and O–H groups in total. The highest BCUT2D eigenvalue weighted by Gasteiger charge is 2.17. The van der Waals surface area contributed by atoms with Crippen molar-refractivity contribution in [1.29, 1.82) is 0 Å². The van der Waals surface area contributed by atoms with Crippen LogP contribution in [0.1, 0.15) is 18.1 Å². The van der Waals surface area contributed by atoms with Gasteiger partial charge in [0.05, 0.1) is 12.7 Å². The van der Waals surface area contributed by atoms with Gasteiger partial charge < -0.3 is 20.3 Å². The van der Waals surface area contributed by atoms with Gasteiger partial charge in [-0.25, -0.2) is 4.98 Å². The Balaban J connectivity index is 1.44. The number of aliphatic imine (C=N–C) groups is 1. The van der Waals surface area contributed by atoms with Crippen molar-refractivity contribution in [3.8, 4) is 0 Å². The minimum Gasteiger partial charge on any atom is -0.375 e. The molecule has 0 bridgehead atoms. The minimum absolute atomic E-state index is 0.248. The number of guanidine groups is 1. The summed E-state index contributed by atoms with van der Waals surface area (Å²) in [5, 5.41) is 7.42. The Morgan fingerprint density at radius 3 is 2.89 bits per heavy atom. The zero-order valence-corrected chi connectivity index (χ0v) is 17.2. The molecule has 1 aromatic carbocycles. The summed E-state index contributed by atoms with van der Waals surface area (Å²) in [4.78, 5) is 11.2. The number of hydrogen-bond donors (Lipinski definition) is 2. The summed E-state index contributed by atoms with van der Waals surface area (Å²) in [6.45, 7) is 6.07. The fraction of sp³-hybridized carbons (Fsp3) is 0.429. The first-order chi connectivity index (χ1) is 13.6. The molecule has 2 heterocycles. The number of pyridine rings is 1. The molecule has 1 atom stereocenters. The fourth-order valence-corrected chi connectivity index (χ4v) is 3.37. The molecule has 0 radical (unpaired) electrons. The maximum atomic E-state index is 6.03. The summed E-state index contributed by atoms with van der Waals surface area (Å²) in [6, 6.07) is 12.1. The Morgan fingerprint density at radius 2 is 2.18 bits per heavy atom. The van der Waals surface area contributed by atoms with Gasteiger partial charge in [-0.15, -0.1) is 0 Å². The summed E-state index contributed by atoms with van der Waals surface area (Å²) in [5.41, 5.74) is 2.32. The van der Waals surface area contributed by atoms with Crippen LogP contribution in [0, 0.1) is 0 Å². The monoisotopic (exact) mass is 401 g/mol. The number of anilines is 1. The number of morpholine rings is 1. The van der Waals surface area contributed by atoms with Crippen molar-refractivity contribution in [2.75, 3.05) is 38.2 Å². The average molecular weight is 402 g/mol. The van der Waals surface area contributed by atoms with Gasteiger partial charge in [0.15, 0.2) is 5.96 Å². The van der Waals surface area contributed by atoms with Crippen molar-refractivity contribution in [3.05, 3.63) is 58.7 Å². The molecule has 1 aromatic heterocycles. The normalized spacial score (nSPS) is 17.5. The topological polar surface area (TPSA) is 61.8 Å². The number of hydrogen-bond acceptors (Lipinski definition) is 4. The predicted octanol–water partition coefficient (Wildman–Crippen LogP) is 2.87. The van der Waals surface area contributed by atoms with Crippen LogP contribution in [0.15, 0.2) is 47.6 Å². The second-order valence-electron chi connectivity index (χ2n) is 6.88. The lowest BCUT2D eigenvalue weighted by atomic mass is 10.1. The minimum atomic E-state index is 0.248. The number of ether oxygens (including phenoxy) is 1. The second kappa shape index (κ2) is 10.3. The molecule has 7 heteroatoms. The van der Waals surface area contributed by atoms with Gasteiger partial charge in [-0.2, -0.15) is 0 Å². The zero-order valence-electron chi connectivity index (χ0n) is 16.5. The smallest absolute Gasteiger partial charge is 0.191 e. The van der Waals surface area contributed by atoms with Crippen LogP contribution >= 0.6 is 11.6 Å². The van der Waals surface area contributed by atoms with E-state index in [4.69, 9.17) is 16.3 Å². The Kier molecular flexibility index (Phi) is 7.51. The highest BCUT2D eigenvalue weighted by atomic mass is 35.5. The van der Waals surface area contributed by atoms with Gasteiger partial charge in [0.25, 0.3) is 0 Å². The summed E-state index contributed by atoms with van der Waals surface area (Å²) in [6.07, 6.45) is 3.05. The van der Waals surface area contributed by atoms with E-state index >= 15 is 0 Å². The Labute approximate surface area is 172 Å². The summed E-state index contributed by atoms with van der Waals surface area (Å²) in [7, 11) is 1.77. The first-order valence-corrected chi connectivity index (χ1v) is 10.0. The van der Waals surface area contributed by atoms with Crippen LogP contribution in [-0.2, 0) is 17.7 Å². The summed E-state index contributed by atoms with van der Waals surface area (Å²) >= 11 is 6.03. The van der Waals surface area contributed by atoms with Crippen LogP contribution in [0.4, 0.5) is 5.82 Å². The van der Waals surface area contributed by atoms with E-state index < -0.39 is 0 Å². The van der Waals surface area contributed by atoms with E-state index in [1.165, 1.54) is 5.56 Å². The van der Waals surface area contributed by atoms with E-state index in [0.29, 0.717) is 6.54 Å². The standard InChI is InChI=1S/C21H28ClN5O/c1-16-15-27(10-11-28-16)20-7-6-18(13-25-20)14-26-21(23-2)24-9-8-17-4-3-5-19(22)12-17/h3-7,12-13,16H,8-11,14-15H2,1-2H3,(H2,23,24,26). The Bertz CT molecular complexity index is 781. The maximum Gasteiger partial charge on any atom is 0.191 e. The number of benzene rings is 1. The largest absolute Gasteiger partial charge is 0.375 e. The molecule has 1 saturated heterocycles. The highest BCUT2D eigenvalue weighted by molar-refractivity contribution is 6.30. The van der Waals surface area contributed by atoms with E-state index in [1.54, 1.807) is 7.05 Å². The molecule has 3 rings (SSSR count). The molecule has 0 spiro atoms. The van der Waals surface area contributed by atoms with Crippen LogP contribution < -0.4 is 15.5 Å². The Hall–Kier alpha value is -2.31. The van der Waals surface area contributed by atoms with Gasteiger partial charge in [-0.3, -0.25) is 4.99 Å². The van der Waals surface area contributed by atoms with Crippen molar-refractivity contribution in [1.82, 2.24) is 15.6 Å². The lowest BCUT2D eigenvalue weighted by Crippen LogP contribution is -2.41. The molecule has 0 saturated carbocycles. The van der Waals surface area contributed by atoms with E-state index in [-0.39, 0.29) is 6.10 Å². The molecule has 0 amide bonds. The third-order valence-electron chi connectivity index (χ3n) is 4.65. The van der Waals surface area contributed by atoms with Gasteiger partial charge >= 0.3 is 0 Å². The quantitative estimate of drug-likeness (QED) is 0.575. The molecule has 1 aliphatic rings. The van der Waals surface area contributed by atoms with E-state index in [2.05, 4.69) is 50.6 Å². The van der Waals surface area contributed by atoms with Crippen molar-refractivity contribution in [2.24, 2.45) is 4.99 Å². The highest BCUT2D eigenvalue weighted by Crippen LogP contribution is 2.15. The molecule has 2 aromatic rings. The average Bonchev–Trinajstić information content (AvgIpc) is 2.71. The predicted molar refractivity (Wildman–Crippen MR) is 115 cm³/mol. The van der Waals surface area contributed by atoms with E-state index in [9.17, 15) is 0 Å². The fourth-order valence-electron chi connectivity index (χ4n) is 3.16. The van der Waals surface area contributed by atoms with Crippen LogP contribution in [0.5, 0.6) is 0 Å².